The fraction of sp³-hybridized carbons (Fsp3) is 0.200. The number of rotatable bonds is 1. The van der Waals surface area contributed by atoms with Crippen molar-refractivity contribution >= 4 is 5.82 Å². The summed E-state index contributed by atoms with van der Waals surface area (Å²) in [6.45, 7) is 4.13. The number of anilines is 1. The lowest BCUT2D eigenvalue weighted by atomic mass is 9.95. The molecule has 1 aliphatic rings. The molecule has 3 N–H and O–H groups in total. The van der Waals surface area contributed by atoms with Crippen LogP contribution in [0.1, 0.15) is 16.8 Å². The van der Waals surface area contributed by atoms with Crippen molar-refractivity contribution in [2.45, 2.75) is 13.8 Å². The molecular weight excluding hydrogens is 254 g/mol. The Morgan fingerprint density at radius 3 is 2.75 bits per heavy atom. The zero-order valence-corrected chi connectivity index (χ0v) is 11.3. The maximum atomic E-state index is 9.36. The van der Waals surface area contributed by atoms with E-state index >= 15 is 0 Å². The van der Waals surface area contributed by atoms with E-state index in [0.29, 0.717) is 17.1 Å². The average molecular weight is 268 g/mol. The minimum absolute atomic E-state index is 0.229. The van der Waals surface area contributed by atoms with Crippen molar-refractivity contribution in [3.8, 4) is 28.7 Å². The van der Waals surface area contributed by atoms with Gasteiger partial charge in [-0.3, -0.25) is 5.73 Å². The highest BCUT2D eigenvalue weighted by atomic mass is 16.7. The number of aromatic nitrogens is 1. The number of H-pyrrole nitrogens is 1. The number of ether oxygens (including phenoxy) is 2. The number of aromatic amines is 1. The highest BCUT2D eigenvalue weighted by molar-refractivity contribution is 5.78. The molecule has 1 aromatic carbocycles. The van der Waals surface area contributed by atoms with Gasteiger partial charge in [-0.1, -0.05) is 6.07 Å². The number of hydrogen-bond acceptors (Lipinski definition) is 4. The van der Waals surface area contributed by atoms with Gasteiger partial charge in [0.15, 0.2) is 11.5 Å². The number of hydrogen-bond donors (Lipinski definition) is 1. The SMILES string of the molecule is Cc1[nH+]c(N)c(C#N)c(-c2ccc3c(c2)OCO3)c1C. The number of fused-ring (bicyclic) bond motifs is 1. The molecule has 0 saturated heterocycles. The molecule has 5 nitrogen and oxygen atoms in total. The number of nitrogens with one attached hydrogen (secondary N) is 1. The van der Waals surface area contributed by atoms with Gasteiger partial charge in [0, 0.05) is 11.1 Å². The molecule has 0 radical (unpaired) electrons. The van der Waals surface area contributed by atoms with E-state index in [1.54, 1.807) is 0 Å². The second-order valence-corrected chi connectivity index (χ2v) is 4.72. The quantitative estimate of drug-likeness (QED) is 0.857. The van der Waals surface area contributed by atoms with Crippen molar-refractivity contribution in [1.29, 1.82) is 5.26 Å². The summed E-state index contributed by atoms with van der Waals surface area (Å²) < 4.78 is 10.7. The van der Waals surface area contributed by atoms with E-state index in [1.165, 1.54) is 0 Å². The van der Waals surface area contributed by atoms with E-state index in [4.69, 9.17) is 15.2 Å². The molecule has 0 atom stereocenters. The smallest absolute Gasteiger partial charge is 0.289 e. The fourth-order valence-corrected chi connectivity index (χ4v) is 2.40. The molecule has 0 saturated carbocycles. The van der Waals surface area contributed by atoms with E-state index in [-0.39, 0.29) is 6.79 Å². The molecule has 20 heavy (non-hydrogen) atoms. The van der Waals surface area contributed by atoms with Gasteiger partial charge < -0.3 is 9.47 Å². The second kappa shape index (κ2) is 4.42. The zero-order valence-electron chi connectivity index (χ0n) is 11.3. The Bertz CT molecular complexity index is 748. The van der Waals surface area contributed by atoms with Gasteiger partial charge in [0.2, 0.25) is 6.79 Å². The first-order chi connectivity index (χ1) is 9.61. The van der Waals surface area contributed by atoms with E-state index in [9.17, 15) is 5.26 Å². The van der Waals surface area contributed by atoms with Crippen molar-refractivity contribution < 1.29 is 14.5 Å². The van der Waals surface area contributed by atoms with Crippen LogP contribution in [0.2, 0.25) is 0 Å². The van der Waals surface area contributed by atoms with Crippen molar-refractivity contribution in [3.63, 3.8) is 0 Å². The third-order valence-electron chi connectivity index (χ3n) is 3.55. The number of pyridine rings is 1. The van der Waals surface area contributed by atoms with Crippen LogP contribution in [0.15, 0.2) is 18.2 Å². The van der Waals surface area contributed by atoms with E-state index in [0.717, 1.165) is 28.1 Å². The van der Waals surface area contributed by atoms with E-state index < -0.39 is 0 Å². The molecule has 2 aromatic rings. The van der Waals surface area contributed by atoms with Crippen molar-refractivity contribution in [1.82, 2.24) is 0 Å². The molecule has 1 aromatic heterocycles. The van der Waals surface area contributed by atoms with E-state index in [1.807, 2.05) is 32.0 Å². The first-order valence-electron chi connectivity index (χ1n) is 6.24. The van der Waals surface area contributed by atoms with Crippen molar-refractivity contribution in [3.05, 3.63) is 35.0 Å². The Labute approximate surface area is 116 Å². The van der Waals surface area contributed by atoms with Crippen LogP contribution in [0.3, 0.4) is 0 Å². The normalized spacial score (nSPS) is 12.2. The fourth-order valence-electron chi connectivity index (χ4n) is 2.40. The third kappa shape index (κ3) is 1.74. The minimum atomic E-state index is 0.229. The molecular formula is C15H14N3O2+. The number of nitriles is 1. The second-order valence-electron chi connectivity index (χ2n) is 4.72. The summed E-state index contributed by atoms with van der Waals surface area (Å²) in [5.41, 5.74) is 10.0. The molecule has 0 fully saturated rings. The van der Waals surface area contributed by atoms with Gasteiger partial charge in [0.05, 0.1) is 0 Å². The molecule has 0 bridgehead atoms. The van der Waals surface area contributed by atoms with Gasteiger partial charge in [0.1, 0.15) is 17.3 Å². The molecule has 2 heterocycles. The Morgan fingerprint density at radius 1 is 1.25 bits per heavy atom. The maximum Gasteiger partial charge on any atom is 0.289 e. The van der Waals surface area contributed by atoms with Crippen molar-refractivity contribution in [2.24, 2.45) is 0 Å². The predicted molar refractivity (Wildman–Crippen MR) is 73.2 cm³/mol. The van der Waals surface area contributed by atoms with Crippen LogP contribution in [0.5, 0.6) is 11.5 Å². The minimum Gasteiger partial charge on any atom is -0.454 e. The van der Waals surface area contributed by atoms with Crippen LogP contribution in [0, 0.1) is 25.2 Å². The lowest BCUT2D eigenvalue weighted by Gasteiger charge is -2.10. The summed E-state index contributed by atoms with van der Waals surface area (Å²) in [4.78, 5) is 3.02. The molecule has 1 aliphatic heterocycles. The molecule has 5 heteroatoms. The molecule has 100 valence electrons. The first-order valence-corrected chi connectivity index (χ1v) is 6.24. The Morgan fingerprint density at radius 2 is 2.00 bits per heavy atom. The summed E-state index contributed by atoms with van der Waals surface area (Å²) in [6.07, 6.45) is 0. The Kier molecular flexibility index (Phi) is 2.72. The van der Waals surface area contributed by atoms with Gasteiger partial charge in [-0.25, -0.2) is 4.98 Å². The maximum absolute atomic E-state index is 9.36. The third-order valence-corrected chi connectivity index (χ3v) is 3.55. The van der Waals surface area contributed by atoms with Crippen molar-refractivity contribution in [2.75, 3.05) is 12.5 Å². The largest absolute Gasteiger partial charge is 0.454 e. The highest BCUT2D eigenvalue weighted by Crippen LogP contribution is 2.38. The average Bonchev–Trinajstić information content (AvgIpc) is 2.89. The van der Waals surface area contributed by atoms with Gasteiger partial charge in [-0.05, 0) is 31.5 Å². The van der Waals surface area contributed by atoms with Crippen LogP contribution in [0.25, 0.3) is 11.1 Å². The zero-order chi connectivity index (χ0) is 14.3. The predicted octanol–water partition coefficient (Wildman–Crippen LogP) is 1.97. The summed E-state index contributed by atoms with van der Waals surface area (Å²) >= 11 is 0. The van der Waals surface area contributed by atoms with E-state index in [2.05, 4.69) is 11.1 Å². The molecule has 0 aliphatic carbocycles. The van der Waals surface area contributed by atoms with Crippen LogP contribution in [-0.4, -0.2) is 6.79 Å². The monoisotopic (exact) mass is 268 g/mol. The summed E-state index contributed by atoms with van der Waals surface area (Å²) in [5, 5.41) is 9.36. The number of nitrogen functional groups attached to an aromatic ring is 1. The van der Waals surface area contributed by atoms with Crippen LogP contribution in [0.4, 0.5) is 5.82 Å². The lowest BCUT2D eigenvalue weighted by Crippen LogP contribution is -2.18. The number of aryl methyl sites for hydroxylation is 1. The standard InChI is InChI=1S/C15H13N3O2/c1-8-9(2)18-15(17)11(6-16)14(8)10-3-4-12-13(5-10)20-7-19-12/h3-5H,7H2,1-2H3,(H2,17,18)/p+1. The van der Waals surface area contributed by atoms with Crippen LogP contribution >= 0.6 is 0 Å². The van der Waals surface area contributed by atoms with Crippen LogP contribution in [-0.2, 0) is 0 Å². The molecule has 0 spiro atoms. The summed E-state index contributed by atoms with van der Waals surface area (Å²) in [5.74, 6) is 1.79. The summed E-state index contributed by atoms with van der Waals surface area (Å²) in [6, 6.07) is 7.81. The number of benzene rings is 1. The van der Waals surface area contributed by atoms with Gasteiger partial charge in [-0.15, -0.1) is 0 Å². The molecule has 0 amide bonds. The Hall–Kier alpha value is -2.74. The molecule has 3 rings (SSSR count). The van der Waals surface area contributed by atoms with Gasteiger partial charge in [-0.2, -0.15) is 5.26 Å². The Balaban J connectivity index is 2.27. The number of nitrogens with two attached hydrogens (primary N) is 1. The summed E-state index contributed by atoms with van der Waals surface area (Å²) in [7, 11) is 0. The topological polar surface area (TPSA) is 82.4 Å². The van der Waals surface area contributed by atoms with Gasteiger partial charge >= 0.3 is 0 Å². The molecule has 0 unspecified atom stereocenters. The number of nitrogens with zero attached hydrogens (tertiary/aromatic N) is 1. The first kappa shape index (κ1) is 12.3. The van der Waals surface area contributed by atoms with Gasteiger partial charge in [0.25, 0.3) is 5.82 Å². The van der Waals surface area contributed by atoms with Crippen LogP contribution < -0.4 is 20.2 Å². The highest BCUT2D eigenvalue weighted by Gasteiger charge is 2.21. The lowest BCUT2D eigenvalue weighted by molar-refractivity contribution is -0.370.